The normalized spacial score (nSPS) is 14.2. The number of carbonyl (C=O) groups excluding carboxylic acids is 1. The van der Waals surface area contributed by atoms with Gasteiger partial charge in [-0.15, -0.1) is 11.3 Å². The number of thiophene rings is 1. The van der Waals surface area contributed by atoms with Gasteiger partial charge in [-0.2, -0.15) is 0 Å². The Bertz CT molecular complexity index is 969. The van der Waals surface area contributed by atoms with Gasteiger partial charge in [-0.1, -0.05) is 6.07 Å². The first-order valence-corrected chi connectivity index (χ1v) is 9.73. The van der Waals surface area contributed by atoms with E-state index in [9.17, 15) is 4.79 Å². The van der Waals surface area contributed by atoms with Crippen molar-refractivity contribution in [1.29, 1.82) is 0 Å². The van der Waals surface area contributed by atoms with E-state index in [-0.39, 0.29) is 5.91 Å². The molecule has 1 N–H and O–H groups in total. The number of nitrogens with zero attached hydrogens (tertiary/aromatic N) is 3. The molecular formula is C20H22N4OS. The maximum atomic E-state index is 12.9. The summed E-state index contributed by atoms with van der Waals surface area (Å²) in [6.45, 7) is 8.10. The molecule has 3 heterocycles. The number of amides is 1. The van der Waals surface area contributed by atoms with E-state index in [2.05, 4.69) is 26.3 Å². The molecule has 134 valence electrons. The van der Waals surface area contributed by atoms with Crippen molar-refractivity contribution in [1.82, 2.24) is 9.97 Å². The van der Waals surface area contributed by atoms with Gasteiger partial charge in [-0.25, -0.2) is 9.97 Å². The van der Waals surface area contributed by atoms with E-state index < -0.39 is 0 Å². The van der Waals surface area contributed by atoms with Crippen molar-refractivity contribution in [2.75, 3.05) is 23.3 Å². The van der Waals surface area contributed by atoms with Crippen LogP contribution in [0.4, 0.5) is 11.5 Å². The van der Waals surface area contributed by atoms with Crippen molar-refractivity contribution >= 4 is 39.0 Å². The molecule has 2 aromatic heterocycles. The molecule has 1 amide bonds. The predicted octanol–water partition coefficient (Wildman–Crippen LogP) is 4.47. The Morgan fingerprint density at radius 2 is 1.77 bits per heavy atom. The third kappa shape index (κ3) is 3.05. The number of benzene rings is 1. The fourth-order valence-electron chi connectivity index (χ4n) is 3.67. The van der Waals surface area contributed by atoms with Crippen LogP contribution < -0.4 is 10.2 Å². The summed E-state index contributed by atoms with van der Waals surface area (Å²) in [6, 6.07) is 6.07. The molecule has 6 heteroatoms. The van der Waals surface area contributed by atoms with Crippen molar-refractivity contribution in [3.63, 3.8) is 0 Å². The number of hydrogen-bond acceptors (Lipinski definition) is 5. The maximum Gasteiger partial charge on any atom is 0.266 e. The first-order chi connectivity index (χ1) is 12.5. The van der Waals surface area contributed by atoms with Gasteiger partial charge in [0.1, 0.15) is 17.0 Å². The predicted molar refractivity (Wildman–Crippen MR) is 107 cm³/mol. The minimum Gasteiger partial charge on any atom is -0.356 e. The van der Waals surface area contributed by atoms with Gasteiger partial charge in [-0.3, -0.25) is 4.79 Å². The Balaban J connectivity index is 1.71. The number of aryl methyl sites for hydroxylation is 3. The Hall–Kier alpha value is -2.47. The number of carbonyl (C=O) groups is 1. The average Bonchev–Trinajstić information content (AvgIpc) is 3.22. The van der Waals surface area contributed by atoms with Crippen LogP contribution in [0.5, 0.6) is 0 Å². The second-order valence-corrected chi connectivity index (χ2v) is 7.96. The molecule has 0 atom stereocenters. The van der Waals surface area contributed by atoms with Gasteiger partial charge in [0, 0.05) is 18.8 Å². The lowest BCUT2D eigenvalue weighted by molar-refractivity contribution is 0.103. The van der Waals surface area contributed by atoms with Gasteiger partial charge in [0.05, 0.1) is 10.3 Å². The lowest BCUT2D eigenvalue weighted by atomic mass is 10.1. The van der Waals surface area contributed by atoms with Crippen molar-refractivity contribution in [3.05, 3.63) is 46.1 Å². The fourth-order valence-corrected chi connectivity index (χ4v) is 4.71. The quantitative estimate of drug-likeness (QED) is 0.743. The van der Waals surface area contributed by atoms with E-state index in [1.807, 2.05) is 32.9 Å². The second-order valence-electron chi connectivity index (χ2n) is 6.96. The zero-order valence-corrected chi connectivity index (χ0v) is 16.1. The molecule has 1 aliphatic rings. The minimum absolute atomic E-state index is 0.0807. The summed E-state index contributed by atoms with van der Waals surface area (Å²) in [5, 5.41) is 4.06. The van der Waals surface area contributed by atoms with Gasteiger partial charge in [0.15, 0.2) is 0 Å². The lowest BCUT2D eigenvalue weighted by Gasteiger charge is -2.17. The first-order valence-electron chi connectivity index (χ1n) is 8.91. The van der Waals surface area contributed by atoms with Crippen LogP contribution in [0.15, 0.2) is 24.5 Å². The van der Waals surface area contributed by atoms with E-state index in [4.69, 9.17) is 0 Å². The molecule has 0 unspecified atom stereocenters. The van der Waals surface area contributed by atoms with E-state index in [0.717, 1.165) is 51.5 Å². The van der Waals surface area contributed by atoms with Gasteiger partial charge in [0.25, 0.3) is 5.91 Å². The van der Waals surface area contributed by atoms with Crippen molar-refractivity contribution in [2.45, 2.75) is 33.6 Å². The Kier molecular flexibility index (Phi) is 4.36. The molecule has 0 radical (unpaired) electrons. The summed E-state index contributed by atoms with van der Waals surface area (Å²) < 4.78 is 0. The SMILES string of the molecule is Cc1cc(C)cc(NC(=O)c2sc3ncnc(N4CCCC4)c3c2C)c1. The zero-order valence-electron chi connectivity index (χ0n) is 15.3. The van der Waals surface area contributed by atoms with E-state index in [0.29, 0.717) is 4.88 Å². The third-order valence-electron chi connectivity index (χ3n) is 4.80. The number of anilines is 2. The summed E-state index contributed by atoms with van der Waals surface area (Å²) >= 11 is 1.44. The van der Waals surface area contributed by atoms with Crippen LogP contribution in [0.1, 0.15) is 39.2 Å². The second kappa shape index (κ2) is 6.68. The summed E-state index contributed by atoms with van der Waals surface area (Å²) in [4.78, 5) is 25.7. The van der Waals surface area contributed by atoms with Crippen LogP contribution in [-0.2, 0) is 0 Å². The fraction of sp³-hybridized carbons (Fsp3) is 0.350. The first kappa shape index (κ1) is 17.0. The van der Waals surface area contributed by atoms with Crippen LogP contribution in [0.25, 0.3) is 10.2 Å². The Labute approximate surface area is 157 Å². The van der Waals surface area contributed by atoms with Crippen molar-refractivity contribution in [2.24, 2.45) is 0 Å². The van der Waals surface area contributed by atoms with Crippen LogP contribution >= 0.6 is 11.3 Å². The number of hydrogen-bond donors (Lipinski definition) is 1. The number of aromatic nitrogens is 2. The maximum absolute atomic E-state index is 12.9. The molecule has 1 saturated heterocycles. The van der Waals surface area contributed by atoms with Crippen LogP contribution in [0.2, 0.25) is 0 Å². The molecule has 26 heavy (non-hydrogen) atoms. The molecule has 1 aliphatic heterocycles. The molecule has 3 aromatic rings. The third-order valence-corrected chi connectivity index (χ3v) is 6.00. The van der Waals surface area contributed by atoms with E-state index in [1.54, 1.807) is 6.33 Å². The van der Waals surface area contributed by atoms with E-state index in [1.165, 1.54) is 24.2 Å². The highest BCUT2D eigenvalue weighted by molar-refractivity contribution is 7.20. The number of rotatable bonds is 3. The molecular weight excluding hydrogens is 344 g/mol. The smallest absolute Gasteiger partial charge is 0.266 e. The monoisotopic (exact) mass is 366 g/mol. The van der Waals surface area contributed by atoms with E-state index >= 15 is 0 Å². The summed E-state index contributed by atoms with van der Waals surface area (Å²) in [5.74, 6) is 0.884. The van der Waals surface area contributed by atoms with Crippen molar-refractivity contribution in [3.8, 4) is 0 Å². The van der Waals surface area contributed by atoms with Gasteiger partial charge in [-0.05, 0) is 62.4 Å². The standard InChI is InChI=1S/C20H22N4OS/c1-12-8-13(2)10-15(9-12)23-19(25)17-14(3)16-18(24-6-4-5-7-24)21-11-22-20(16)26-17/h8-11H,4-7H2,1-3H3,(H,23,25). The largest absolute Gasteiger partial charge is 0.356 e. The van der Waals surface area contributed by atoms with Gasteiger partial charge < -0.3 is 10.2 Å². The van der Waals surface area contributed by atoms with Gasteiger partial charge in [0.2, 0.25) is 0 Å². The lowest BCUT2D eigenvalue weighted by Crippen LogP contribution is -2.19. The molecule has 4 rings (SSSR count). The van der Waals surface area contributed by atoms with Crippen LogP contribution in [0, 0.1) is 20.8 Å². The summed E-state index contributed by atoms with van der Waals surface area (Å²) in [5.41, 5.74) is 4.07. The highest BCUT2D eigenvalue weighted by Gasteiger charge is 2.23. The highest BCUT2D eigenvalue weighted by Crippen LogP contribution is 2.36. The molecule has 1 aromatic carbocycles. The molecule has 0 bridgehead atoms. The summed E-state index contributed by atoms with van der Waals surface area (Å²) in [7, 11) is 0. The van der Waals surface area contributed by atoms with Crippen LogP contribution in [-0.4, -0.2) is 29.0 Å². The van der Waals surface area contributed by atoms with Crippen molar-refractivity contribution < 1.29 is 4.79 Å². The zero-order chi connectivity index (χ0) is 18.3. The topological polar surface area (TPSA) is 58.1 Å². The minimum atomic E-state index is -0.0807. The summed E-state index contributed by atoms with van der Waals surface area (Å²) in [6.07, 6.45) is 3.99. The molecule has 1 fully saturated rings. The Morgan fingerprint density at radius 1 is 1.08 bits per heavy atom. The Morgan fingerprint density at radius 3 is 2.46 bits per heavy atom. The van der Waals surface area contributed by atoms with Gasteiger partial charge >= 0.3 is 0 Å². The molecule has 0 aliphatic carbocycles. The number of fused-ring (bicyclic) bond motifs is 1. The average molecular weight is 366 g/mol. The van der Waals surface area contributed by atoms with Crippen LogP contribution in [0.3, 0.4) is 0 Å². The highest BCUT2D eigenvalue weighted by atomic mass is 32.1. The molecule has 0 spiro atoms. The number of nitrogens with one attached hydrogen (secondary N) is 1. The molecule has 0 saturated carbocycles. The molecule has 5 nitrogen and oxygen atoms in total.